The van der Waals surface area contributed by atoms with Crippen molar-refractivity contribution in [3.8, 4) is 0 Å². The Bertz CT molecular complexity index is 1130. The molecule has 0 heterocycles. The Morgan fingerprint density at radius 2 is 1.32 bits per heavy atom. The first-order valence-corrected chi connectivity index (χ1v) is 10.8. The number of hydrogen-bond donors (Lipinski definition) is 0. The molecule has 2 atom stereocenters. The van der Waals surface area contributed by atoms with Gasteiger partial charge in [0, 0.05) is 11.8 Å². The molecule has 2 aromatic rings. The maximum atomic E-state index is 2.54. The third-order valence-corrected chi connectivity index (χ3v) is 7.13. The van der Waals surface area contributed by atoms with Crippen LogP contribution in [0.15, 0.2) is 70.8 Å². The van der Waals surface area contributed by atoms with Gasteiger partial charge in [0.2, 0.25) is 0 Å². The van der Waals surface area contributed by atoms with E-state index in [1.807, 2.05) is 0 Å². The molecular formula is C28H30. The summed E-state index contributed by atoms with van der Waals surface area (Å²) in [5, 5.41) is 2.71. The minimum atomic E-state index is 0.497. The molecule has 0 radical (unpaired) electrons. The molecule has 0 aliphatic heterocycles. The van der Waals surface area contributed by atoms with Crippen LogP contribution in [0.5, 0.6) is 0 Å². The SMILES string of the molecule is CC1=CC(C(C)C)=C2c3cc4ccccc4cc3C3=CC(C(C)C)=C(C)C1C32. The molecule has 0 fully saturated rings. The van der Waals surface area contributed by atoms with Gasteiger partial charge in [-0.3, -0.25) is 0 Å². The summed E-state index contributed by atoms with van der Waals surface area (Å²) >= 11 is 0. The van der Waals surface area contributed by atoms with Crippen molar-refractivity contribution in [1.29, 1.82) is 0 Å². The summed E-state index contributed by atoms with van der Waals surface area (Å²) in [4.78, 5) is 0. The molecule has 0 aromatic heterocycles. The van der Waals surface area contributed by atoms with E-state index < -0.39 is 0 Å². The van der Waals surface area contributed by atoms with Crippen LogP contribution in [-0.4, -0.2) is 0 Å². The summed E-state index contributed by atoms with van der Waals surface area (Å²) in [7, 11) is 0. The van der Waals surface area contributed by atoms with Gasteiger partial charge in [-0.1, -0.05) is 75.3 Å². The Morgan fingerprint density at radius 1 is 0.714 bits per heavy atom. The van der Waals surface area contributed by atoms with Gasteiger partial charge in [-0.05, 0) is 82.0 Å². The van der Waals surface area contributed by atoms with E-state index in [2.05, 4.69) is 90.1 Å². The highest BCUT2D eigenvalue weighted by molar-refractivity contribution is 6.04. The standard InChI is InChI=1S/C28H30/c1-15(2)21-14-25-23-12-19-9-7-8-10-20(19)13-24(23)27-22(16(3)4)11-17(5)26(18(21)6)28(25)27/h7-16,26,28H,1-6H3. The molecule has 28 heavy (non-hydrogen) atoms. The summed E-state index contributed by atoms with van der Waals surface area (Å²) in [6, 6.07) is 13.7. The third-order valence-electron chi connectivity index (χ3n) is 7.13. The average Bonchev–Trinajstić information content (AvgIpc) is 2.96. The van der Waals surface area contributed by atoms with Gasteiger partial charge in [-0.2, -0.15) is 0 Å². The van der Waals surface area contributed by atoms with Gasteiger partial charge in [0.05, 0.1) is 0 Å². The predicted molar refractivity (Wildman–Crippen MR) is 122 cm³/mol. The van der Waals surface area contributed by atoms with Crippen LogP contribution in [0.1, 0.15) is 52.7 Å². The van der Waals surface area contributed by atoms with Crippen LogP contribution in [-0.2, 0) is 0 Å². The molecule has 0 spiro atoms. The van der Waals surface area contributed by atoms with E-state index in [4.69, 9.17) is 0 Å². The highest BCUT2D eigenvalue weighted by atomic mass is 14.5. The van der Waals surface area contributed by atoms with Gasteiger partial charge in [-0.15, -0.1) is 0 Å². The minimum Gasteiger partial charge on any atom is -0.0649 e. The molecule has 0 bridgehead atoms. The second kappa shape index (κ2) is 6.08. The van der Waals surface area contributed by atoms with Crippen LogP contribution in [0, 0.1) is 23.7 Å². The normalized spacial score (nSPS) is 23.4. The lowest BCUT2D eigenvalue weighted by Gasteiger charge is -2.38. The molecule has 2 unspecified atom stereocenters. The fraction of sp³-hybridized carbons (Fsp3) is 0.357. The van der Waals surface area contributed by atoms with Crippen molar-refractivity contribution in [3.05, 3.63) is 82.0 Å². The van der Waals surface area contributed by atoms with E-state index in [0.29, 0.717) is 23.7 Å². The van der Waals surface area contributed by atoms with E-state index >= 15 is 0 Å². The lowest BCUT2D eigenvalue weighted by Crippen LogP contribution is -2.26. The lowest BCUT2D eigenvalue weighted by molar-refractivity contribution is 0.588. The second-order valence-electron chi connectivity index (χ2n) is 9.51. The van der Waals surface area contributed by atoms with Crippen molar-refractivity contribution >= 4 is 21.9 Å². The first-order valence-electron chi connectivity index (χ1n) is 10.8. The molecular weight excluding hydrogens is 336 g/mol. The molecule has 142 valence electrons. The van der Waals surface area contributed by atoms with E-state index in [1.54, 1.807) is 22.3 Å². The Kier molecular flexibility index (Phi) is 3.85. The van der Waals surface area contributed by atoms with Gasteiger partial charge in [0.1, 0.15) is 0 Å². The number of rotatable bonds is 2. The second-order valence-corrected chi connectivity index (χ2v) is 9.51. The van der Waals surface area contributed by atoms with Gasteiger partial charge < -0.3 is 0 Å². The summed E-state index contributed by atoms with van der Waals surface area (Å²) in [6.07, 6.45) is 5.05. The largest absolute Gasteiger partial charge is 0.0649 e. The zero-order valence-electron chi connectivity index (χ0n) is 17.9. The molecule has 0 N–H and O–H groups in total. The lowest BCUT2D eigenvalue weighted by atomic mass is 9.65. The van der Waals surface area contributed by atoms with Crippen molar-refractivity contribution in [1.82, 2.24) is 0 Å². The van der Waals surface area contributed by atoms with E-state index in [9.17, 15) is 0 Å². The first-order chi connectivity index (χ1) is 13.4. The van der Waals surface area contributed by atoms with Crippen molar-refractivity contribution in [3.63, 3.8) is 0 Å². The Balaban J connectivity index is 1.89. The molecule has 0 saturated heterocycles. The zero-order valence-corrected chi connectivity index (χ0v) is 17.9. The molecule has 0 nitrogen and oxygen atoms in total. The van der Waals surface area contributed by atoms with Crippen molar-refractivity contribution in [2.24, 2.45) is 23.7 Å². The third kappa shape index (κ3) is 2.30. The van der Waals surface area contributed by atoms with Crippen LogP contribution in [0.3, 0.4) is 0 Å². The number of benzene rings is 2. The quantitative estimate of drug-likeness (QED) is 0.508. The molecule has 0 heteroatoms. The van der Waals surface area contributed by atoms with Crippen molar-refractivity contribution < 1.29 is 0 Å². The fourth-order valence-corrected chi connectivity index (χ4v) is 5.87. The van der Waals surface area contributed by atoms with Crippen molar-refractivity contribution in [2.75, 3.05) is 0 Å². The van der Waals surface area contributed by atoms with E-state index in [0.717, 1.165) is 0 Å². The molecule has 0 amide bonds. The zero-order chi connectivity index (χ0) is 19.7. The number of fused-ring (bicyclic) bond motifs is 4. The molecule has 3 aliphatic carbocycles. The monoisotopic (exact) mass is 366 g/mol. The van der Waals surface area contributed by atoms with Crippen LogP contribution in [0.25, 0.3) is 21.9 Å². The van der Waals surface area contributed by atoms with Gasteiger partial charge in [0.15, 0.2) is 0 Å². The molecule has 0 saturated carbocycles. The Labute approximate surface area is 169 Å². The molecule has 3 aliphatic rings. The summed E-state index contributed by atoms with van der Waals surface area (Å²) < 4.78 is 0. The Hall–Kier alpha value is -2.34. The molecule has 5 rings (SSSR count). The number of hydrogen-bond acceptors (Lipinski definition) is 0. The molecule has 2 aromatic carbocycles. The van der Waals surface area contributed by atoms with Crippen LogP contribution >= 0.6 is 0 Å². The first kappa shape index (κ1) is 17.7. The topological polar surface area (TPSA) is 0 Å². The van der Waals surface area contributed by atoms with Crippen LogP contribution in [0.4, 0.5) is 0 Å². The maximum absolute atomic E-state index is 2.54. The number of allylic oxidation sites excluding steroid dienone is 8. The predicted octanol–water partition coefficient (Wildman–Crippen LogP) is 7.82. The van der Waals surface area contributed by atoms with E-state index in [1.165, 1.54) is 33.0 Å². The van der Waals surface area contributed by atoms with E-state index in [-0.39, 0.29) is 0 Å². The van der Waals surface area contributed by atoms with Crippen LogP contribution < -0.4 is 0 Å². The smallest absolute Gasteiger partial charge is 0.0208 e. The summed E-state index contributed by atoms with van der Waals surface area (Å²) in [5.74, 6) is 2.12. The van der Waals surface area contributed by atoms with Gasteiger partial charge in [-0.25, -0.2) is 0 Å². The highest BCUT2D eigenvalue weighted by Gasteiger charge is 2.44. The summed E-state index contributed by atoms with van der Waals surface area (Å²) in [5.41, 5.74) is 12.3. The Morgan fingerprint density at radius 3 is 1.93 bits per heavy atom. The van der Waals surface area contributed by atoms with Gasteiger partial charge >= 0.3 is 0 Å². The average molecular weight is 367 g/mol. The maximum Gasteiger partial charge on any atom is 0.0208 e. The fourth-order valence-electron chi connectivity index (χ4n) is 5.87. The highest BCUT2D eigenvalue weighted by Crippen LogP contribution is 2.60. The van der Waals surface area contributed by atoms with Crippen molar-refractivity contribution in [2.45, 2.75) is 41.5 Å². The summed E-state index contributed by atoms with van der Waals surface area (Å²) in [6.45, 7) is 14.1. The van der Waals surface area contributed by atoms with Crippen LogP contribution in [0.2, 0.25) is 0 Å². The van der Waals surface area contributed by atoms with Gasteiger partial charge in [0.25, 0.3) is 0 Å². The minimum absolute atomic E-state index is 0.497.